The summed E-state index contributed by atoms with van der Waals surface area (Å²) in [4.78, 5) is 2.19. The number of nitrogens with zero attached hydrogens (tertiary/aromatic N) is 1. The lowest BCUT2D eigenvalue weighted by molar-refractivity contribution is 0.179. The van der Waals surface area contributed by atoms with E-state index in [9.17, 15) is 0 Å². The van der Waals surface area contributed by atoms with Crippen LogP contribution in [-0.2, 0) is 0 Å². The van der Waals surface area contributed by atoms with Gasteiger partial charge in [-0.05, 0) is 13.5 Å². The molecule has 0 amide bonds. The maximum Gasteiger partial charge on any atom is 0.0499 e. The van der Waals surface area contributed by atoms with Crippen LogP contribution < -0.4 is 5.32 Å². The van der Waals surface area contributed by atoms with E-state index in [0.717, 1.165) is 19.8 Å². The van der Waals surface area contributed by atoms with Gasteiger partial charge in [-0.3, -0.25) is 10.2 Å². The third-order valence-corrected chi connectivity index (χ3v) is 1.49. The van der Waals surface area contributed by atoms with Gasteiger partial charge in [-0.15, -0.1) is 0 Å². The first-order valence-corrected chi connectivity index (χ1v) is 5.64. The molecule has 2 nitrogen and oxygen atoms in total. The van der Waals surface area contributed by atoms with E-state index in [1.54, 1.807) is 6.08 Å². The molecule has 0 aliphatic carbocycles. The number of rotatable bonds is 3. The van der Waals surface area contributed by atoms with Crippen molar-refractivity contribution in [3.8, 4) is 0 Å². The van der Waals surface area contributed by atoms with Crippen molar-refractivity contribution in [1.82, 2.24) is 10.2 Å². The summed E-state index contributed by atoms with van der Waals surface area (Å²) in [6, 6.07) is 0. The van der Waals surface area contributed by atoms with Crippen LogP contribution in [0.25, 0.3) is 0 Å². The third kappa shape index (κ3) is 15.9. The van der Waals surface area contributed by atoms with E-state index in [0.29, 0.717) is 0 Å². The molecule has 1 aliphatic rings. The third-order valence-electron chi connectivity index (χ3n) is 1.49. The first-order valence-electron chi connectivity index (χ1n) is 5.64. The molecule has 0 saturated carbocycles. The Kier molecular flexibility index (Phi) is 17.2. The zero-order chi connectivity index (χ0) is 11.9. The summed E-state index contributed by atoms with van der Waals surface area (Å²) < 4.78 is 0. The predicted molar refractivity (Wildman–Crippen MR) is 70.7 cm³/mol. The van der Waals surface area contributed by atoms with Crippen LogP contribution in [-0.4, -0.2) is 25.3 Å². The molecule has 1 fully saturated rings. The summed E-state index contributed by atoms with van der Waals surface area (Å²) >= 11 is 0. The minimum atomic E-state index is 1.07. The average molecular weight is 210 g/mol. The largest absolute Gasteiger partial charge is 0.291 e. The van der Waals surface area contributed by atoms with Crippen molar-refractivity contribution in [3.05, 3.63) is 37.0 Å². The van der Waals surface area contributed by atoms with Gasteiger partial charge in [-0.25, -0.2) is 0 Å². The van der Waals surface area contributed by atoms with Gasteiger partial charge in [0, 0.05) is 13.3 Å². The zero-order valence-electron chi connectivity index (χ0n) is 10.7. The molecular weight excluding hydrogens is 184 g/mol. The summed E-state index contributed by atoms with van der Waals surface area (Å²) in [5, 5.41) is 3.09. The molecule has 88 valence electrons. The summed E-state index contributed by atoms with van der Waals surface area (Å²) in [5.41, 5.74) is 0. The second kappa shape index (κ2) is 15.6. The minimum absolute atomic E-state index is 1.07. The van der Waals surface area contributed by atoms with E-state index < -0.39 is 0 Å². The van der Waals surface area contributed by atoms with E-state index in [-0.39, 0.29) is 0 Å². The fraction of sp³-hybridized carbons (Fsp3) is 0.538. The van der Waals surface area contributed by atoms with Crippen LogP contribution in [0.4, 0.5) is 0 Å². The van der Waals surface area contributed by atoms with Gasteiger partial charge in [0.15, 0.2) is 0 Å². The topological polar surface area (TPSA) is 15.3 Å². The first kappa shape index (κ1) is 16.6. The Bertz CT molecular complexity index is 167. The summed E-state index contributed by atoms with van der Waals surface area (Å²) in [6.45, 7) is 11.8. The Labute approximate surface area is 95.4 Å². The normalized spacial score (nSPS) is 14.9. The fourth-order valence-electron chi connectivity index (χ4n) is 0.693. The highest BCUT2D eigenvalue weighted by Gasteiger charge is 2.02. The van der Waals surface area contributed by atoms with Crippen molar-refractivity contribution < 1.29 is 0 Å². The SMILES string of the molecule is C=C/C=C\C=C/CC.CC.CN1CNC1. The van der Waals surface area contributed by atoms with Crippen molar-refractivity contribution in [1.29, 1.82) is 0 Å². The van der Waals surface area contributed by atoms with Crippen molar-refractivity contribution in [2.45, 2.75) is 27.2 Å². The van der Waals surface area contributed by atoms with Crippen LogP contribution in [0.1, 0.15) is 27.2 Å². The Morgan fingerprint density at radius 3 is 2.00 bits per heavy atom. The quantitative estimate of drug-likeness (QED) is 0.720. The van der Waals surface area contributed by atoms with Crippen LogP contribution in [0.5, 0.6) is 0 Å². The Morgan fingerprint density at radius 1 is 1.20 bits per heavy atom. The van der Waals surface area contributed by atoms with Crippen LogP contribution in [0.2, 0.25) is 0 Å². The Hall–Kier alpha value is -0.860. The molecular formula is C13H26N2. The maximum absolute atomic E-state index is 3.54. The van der Waals surface area contributed by atoms with Gasteiger partial charge in [0.05, 0.1) is 0 Å². The minimum Gasteiger partial charge on any atom is -0.291 e. The Balaban J connectivity index is 0. The Morgan fingerprint density at radius 2 is 1.73 bits per heavy atom. The van der Waals surface area contributed by atoms with Crippen molar-refractivity contribution in [2.75, 3.05) is 20.4 Å². The van der Waals surface area contributed by atoms with E-state index in [2.05, 4.69) is 36.8 Å². The van der Waals surface area contributed by atoms with E-state index in [1.807, 2.05) is 32.1 Å². The molecule has 1 saturated heterocycles. The van der Waals surface area contributed by atoms with Gasteiger partial charge in [-0.1, -0.05) is 57.7 Å². The number of hydrogen-bond donors (Lipinski definition) is 1. The molecule has 1 heterocycles. The lowest BCUT2D eigenvalue weighted by atomic mass is 10.4. The standard InChI is InChI=1S/C8H12.C3H8N2.C2H6/c1-3-5-7-8-6-4-2;1-5-2-4-3-5;1-2/h3,5-8H,1,4H2,2H3;4H,2-3H2,1H3;1-2H3/b7-5-,8-6-;;. The van der Waals surface area contributed by atoms with E-state index in [1.165, 1.54) is 0 Å². The average Bonchev–Trinajstić information content (AvgIpc) is 2.25. The van der Waals surface area contributed by atoms with Crippen LogP contribution >= 0.6 is 0 Å². The molecule has 15 heavy (non-hydrogen) atoms. The number of allylic oxidation sites excluding steroid dienone is 5. The summed E-state index contributed by atoms with van der Waals surface area (Å²) in [6.07, 6.45) is 10.9. The molecule has 0 bridgehead atoms. The molecule has 1 aliphatic heterocycles. The van der Waals surface area contributed by atoms with E-state index >= 15 is 0 Å². The molecule has 0 unspecified atom stereocenters. The highest BCUT2D eigenvalue weighted by atomic mass is 15.4. The zero-order valence-corrected chi connectivity index (χ0v) is 10.7. The van der Waals surface area contributed by atoms with E-state index in [4.69, 9.17) is 0 Å². The summed E-state index contributed by atoms with van der Waals surface area (Å²) in [5.74, 6) is 0. The predicted octanol–water partition coefficient (Wildman–Crippen LogP) is 3.16. The number of hydrogen-bond acceptors (Lipinski definition) is 2. The second-order valence-corrected chi connectivity index (χ2v) is 2.88. The molecule has 1 N–H and O–H groups in total. The van der Waals surface area contributed by atoms with Crippen LogP contribution in [0.3, 0.4) is 0 Å². The second-order valence-electron chi connectivity index (χ2n) is 2.88. The van der Waals surface area contributed by atoms with Gasteiger partial charge in [0.25, 0.3) is 0 Å². The van der Waals surface area contributed by atoms with Gasteiger partial charge >= 0.3 is 0 Å². The smallest absolute Gasteiger partial charge is 0.0499 e. The lowest BCUT2D eigenvalue weighted by Gasteiger charge is -2.26. The van der Waals surface area contributed by atoms with Gasteiger partial charge in [0.1, 0.15) is 0 Å². The molecule has 0 aromatic heterocycles. The molecule has 2 heteroatoms. The molecule has 0 radical (unpaired) electrons. The van der Waals surface area contributed by atoms with Gasteiger partial charge in [0.2, 0.25) is 0 Å². The molecule has 0 spiro atoms. The maximum atomic E-state index is 3.54. The highest BCUT2D eigenvalue weighted by molar-refractivity contribution is 5.08. The lowest BCUT2D eigenvalue weighted by Crippen LogP contribution is -2.48. The summed E-state index contributed by atoms with van der Waals surface area (Å²) in [7, 11) is 2.08. The first-order chi connectivity index (χ1) is 7.31. The van der Waals surface area contributed by atoms with Crippen LogP contribution in [0.15, 0.2) is 37.0 Å². The highest BCUT2D eigenvalue weighted by Crippen LogP contribution is 1.82. The van der Waals surface area contributed by atoms with Crippen molar-refractivity contribution in [2.24, 2.45) is 0 Å². The van der Waals surface area contributed by atoms with Gasteiger partial charge < -0.3 is 0 Å². The molecule has 0 aromatic carbocycles. The molecule has 1 rings (SSSR count). The van der Waals surface area contributed by atoms with Gasteiger partial charge in [-0.2, -0.15) is 0 Å². The van der Waals surface area contributed by atoms with Crippen LogP contribution in [0, 0.1) is 0 Å². The molecule has 0 atom stereocenters. The van der Waals surface area contributed by atoms with Crippen molar-refractivity contribution in [3.63, 3.8) is 0 Å². The fourth-order valence-corrected chi connectivity index (χ4v) is 0.693. The molecule has 0 aromatic rings. The van der Waals surface area contributed by atoms with Crippen molar-refractivity contribution >= 4 is 0 Å². The number of nitrogens with one attached hydrogen (secondary N) is 1. The monoisotopic (exact) mass is 210 g/mol.